The van der Waals surface area contributed by atoms with Gasteiger partial charge in [0.1, 0.15) is 0 Å². The van der Waals surface area contributed by atoms with Gasteiger partial charge in [-0.15, -0.1) is 0 Å². The van der Waals surface area contributed by atoms with Crippen LogP contribution in [0.15, 0.2) is 4.99 Å². The summed E-state index contributed by atoms with van der Waals surface area (Å²) in [6.07, 6.45) is 5.40. The Morgan fingerprint density at radius 1 is 1.46 bits per heavy atom. The minimum Gasteiger partial charge on any atom is -0.452 e. The zero-order valence-electron chi connectivity index (χ0n) is 7.53. The summed E-state index contributed by atoms with van der Waals surface area (Å²) in [5.74, 6) is 0.430. The molecule has 4 heteroatoms. The van der Waals surface area contributed by atoms with Gasteiger partial charge in [-0.25, -0.2) is 0 Å². The molecule has 1 aliphatic heterocycles. The van der Waals surface area contributed by atoms with Crippen molar-refractivity contribution in [3.8, 4) is 0 Å². The van der Waals surface area contributed by atoms with Gasteiger partial charge in [0.15, 0.2) is 6.10 Å². The van der Waals surface area contributed by atoms with Crippen LogP contribution in [0.4, 0.5) is 0 Å². The molecule has 0 unspecified atom stereocenters. The average molecular weight is 182 g/mol. The number of hydrogen-bond acceptors (Lipinski definition) is 3. The predicted octanol–water partition coefficient (Wildman–Crippen LogP) is 0.807. The van der Waals surface area contributed by atoms with E-state index in [1.807, 2.05) is 0 Å². The molecule has 0 bridgehead atoms. The lowest BCUT2D eigenvalue weighted by atomic mass is 10.00. The highest BCUT2D eigenvalue weighted by atomic mass is 16.5. The zero-order chi connectivity index (χ0) is 9.26. The lowest BCUT2D eigenvalue weighted by molar-refractivity contribution is -0.123. The first-order valence-corrected chi connectivity index (χ1v) is 4.80. The van der Waals surface area contributed by atoms with Gasteiger partial charge in [-0.1, -0.05) is 25.7 Å². The van der Waals surface area contributed by atoms with Crippen molar-refractivity contribution in [3.05, 3.63) is 0 Å². The van der Waals surface area contributed by atoms with Gasteiger partial charge in [0.05, 0.1) is 0 Å². The van der Waals surface area contributed by atoms with Crippen LogP contribution in [0.2, 0.25) is 0 Å². The fourth-order valence-corrected chi connectivity index (χ4v) is 2.10. The van der Waals surface area contributed by atoms with Crippen LogP contribution in [0.3, 0.4) is 0 Å². The summed E-state index contributed by atoms with van der Waals surface area (Å²) in [6.45, 7) is 0. The van der Waals surface area contributed by atoms with Crippen molar-refractivity contribution in [1.29, 1.82) is 0 Å². The largest absolute Gasteiger partial charge is 0.452 e. The van der Waals surface area contributed by atoms with Crippen LogP contribution in [-0.4, -0.2) is 18.0 Å². The zero-order valence-corrected chi connectivity index (χ0v) is 7.53. The molecule has 0 aromatic carbocycles. The molecule has 0 radical (unpaired) electrons. The topological polar surface area (TPSA) is 64.7 Å². The number of nitrogens with two attached hydrogens (primary N) is 1. The summed E-state index contributed by atoms with van der Waals surface area (Å²) in [5.41, 5.74) is 5.30. The highest BCUT2D eigenvalue weighted by Gasteiger charge is 2.31. The van der Waals surface area contributed by atoms with E-state index in [0.717, 1.165) is 6.42 Å². The van der Waals surface area contributed by atoms with E-state index >= 15 is 0 Å². The second-order valence-corrected chi connectivity index (χ2v) is 3.78. The lowest BCUT2D eigenvalue weighted by Gasteiger charge is -2.12. The number of carbonyl (C=O) groups excluding carboxylic acids is 1. The maximum Gasteiger partial charge on any atom is 0.291 e. The third-order valence-electron chi connectivity index (χ3n) is 2.78. The first-order chi connectivity index (χ1) is 6.25. The molecule has 0 spiro atoms. The molecule has 2 rings (SSSR count). The van der Waals surface area contributed by atoms with E-state index < -0.39 is 0 Å². The molecule has 0 aromatic heterocycles. The van der Waals surface area contributed by atoms with E-state index in [-0.39, 0.29) is 18.0 Å². The summed E-state index contributed by atoms with van der Waals surface area (Å²) in [4.78, 5) is 14.7. The second kappa shape index (κ2) is 3.36. The van der Waals surface area contributed by atoms with Crippen molar-refractivity contribution in [1.82, 2.24) is 0 Å². The molecule has 2 aliphatic rings. The van der Waals surface area contributed by atoms with Crippen molar-refractivity contribution in [2.75, 3.05) is 0 Å². The van der Waals surface area contributed by atoms with E-state index in [2.05, 4.69) is 4.99 Å². The maximum absolute atomic E-state index is 11.2. The molecule has 1 saturated carbocycles. The van der Waals surface area contributed by atoms with E-state index in [1.165, 1.54) is 25.7 Å². The van der Waals surface area contributed by atoms with Crippen molar-refractivity contribution in [2.45, 2.75) is 38.2 Å². The van der Waals surface area contributed by atoms with Crippen LogP contribution < -0.4 is 5.73 Å². The molecule has 1 atom stereocenters. The number of carbonyl (C=O) groups is 1. The standard InChI is InChI=1S/C9H14N2O2/c10-9-11-8(12)7(13-9)5-6-3-1-2-4-6/h6-7H,1-5H2,(H2,10,11,12)/t7-/m1/s1. The fraction of sp³-hybridized carbons (Fsp3) is 0.778. The minimum atomic E-state index is -0.386. The van der Waals surface area contributed by atoms with Crippen LogP contribution in [0.1, 0.15) is 32.1 Å². The predicted molar refractivity (Wildman–Crippen MR) is 48.1 cm³/mol. The second-order valence-electron chi connectivity index (χ2n) is 3.78. The Kier molecular flexibility index (Phi) is 2.20. The quantitative estimate of drug-likeness (QED) is 0.687. The van der Waals surface area contributed by atoms with Gasteiger partial charge in [-0.3, -0.25) is 4.79 Å². The molecule has 1 amide bonds. The minimum absolute atomic E-state index is 0.0352. The van der Waals surface area contributed by atoms with Crippen LogP contribution in [0, 0.1) is 5.92 Å². The normalized spacial score (nSPS) is 29.1. The molecule has 4 nitrogen and oxygen atoms in total. The van der Waals surface area contributed by atoms with Crippen molar-refractivity contribution >= 4 is 11.9 Å². The van der Waals surface area contributed by atoms with Crippen LogP contribution in [0.5, 0.6) is 0 Å². The van der Waals surface area contributed by atoms with Gasteiger partial charge in [0.2, 0.25) is 0 Å². The van der Waals surface area contributed by atoms with Crippen LogP contribution in [0.25, 0.3) is 0 Å². The van der Waals surface area contributed by atoms with Crippen molar-refractivity contribution < 1.29 is 9.53 Å². The lowest BCUT2D eigenvalue weighted by Crippen LogP contribution is -2.22. The highest BCUT2D eigenvalue weighted by Crippen LogP contribution is 2.30. The average Bonchev–Trinajstić information content (AvgIpc) is 2.63. The molecule has 0 saturated heterocycles. The molecule has 0 aromatic rings. The summed E-state index contributed by atoms with van der Waals surface area (Å²) in [6, 6.07) is 0.0352. The summed E-state index contributed by atoms with van der Waals surface area (Å²) in [7, 11) is 0. The molecule has 13 heavy (non-hydrogen) atoms. The summed E-state index contributed by atoms with van der Waals surface area (Å²) in [5, 5.41) is 0. The number of ether oxygens (including phenoxy) is 1. The first kappa shape index (κ1) is 8.53. The highest BCUT2D eigenvalue weighted by molar-refractivity contribution is 5.97. The van der Waals surface area contributed by atoms with Gasteiger partial charge in [0, 0.05) is 0 Å². The number of hydrogen-bond donors (Lipinski definition) is 1. The Labute approximate surface area is 77.2 Å². The Bertz CT molecular complexity index is 244. The Morgan fingerprint density at radius 3 is 2.69 bits per heavy atom. The number of amides is 1. The fourth-order valence-electron chi connectivity index (χ4n) is 2.10. The Hall–Kier alpha value is -1.06. The Morgan fingerprint density at radius 2 is 2.15 bits per heavy atom. The van der Waals surface area contributed by atoms with Gasteiger partial charge < -0.3 is 10.5 Å². The molecule has 2 N–H and O–H groups in total. The molecule has 1 aliphatic carbocycles. The van der Waals surface area contributed by atoms with Crippen molar-refractivity contribution in [2.24, 2.45) is 16.6 Å². The van der Waals surface area contributed by atoms with E-state index in [4.69, 9.17) is 10.5 Å². The summed E-state index contributed by atoms with van der Waals surface area (Å²) < 4.78 is 5.11. The van der Waals surface area contributed by atoms with E-state index in [0.29, 0.717) is 5.92 Å². The molecular formula is C9H14N2O2. The third-order valence-corrected chi connectivity index (χ3v) is 2.78. The molecule has 72 valence electrons. The maximum atomic E-state index is 11.2. The number of nitrogens with zero attached hydrogens (tertiary/aromatic N) is 1. The van der Waals surface area contributed by atoms with Crippen LogP contribution in [-0.2, 0) is 9.53 Å². The van der Waals surface area contributed by atoms with Gasteiger partial charge >= 0.3 is 0 Å². The van der Waals surface area contributed by atoms with Gasteiger partial charge in [-0.2, -0.15) is 4.99 Å². The first-order valence-electron chi connectivity index (χ1n) is 4.80. The van der Waals surface area contributed by atoms with Gasteiger partial charge in [0.25, 0.3) is 11.9 Å². The Balaban J connectivity index is 1.86. The third kappa shape index (κ3) is 1.82. The molecular weight excluding hydrogens is 168 g/mol. The molecule has 1 fully saturated rings. The summed E-state index contributed by atoms with van der Waals surface area (Å²) >= 11 is 0. The van der Waals surface area contributed by atoms with E-state index in [1.54, 1.807) is 0 Å². The number of rotatable bonds is 2. The number of aliphatic imine (C=N–C) groups is 1. The van der Waals surface area contributed by atoms with Crippen LogP contribution >= 0.6 is 0 Å². The monoisotopic (exact) mass is 182 g/mol. The van der Waals surface area contributed by atoms with Crippen molar-refractivity contribution in [3.63, 3.8) is 0 Å². The van der Waals surface area contributed by atoms with E-state index in [9.17, 15) is 4.79 Å². The smallest absolute Gasteiger partial charge is 0.291 e. The number of amidine groups is 1. The molecule has 1 heterocycles. The van der Waals surface area contributed by atoms with Gasteiger partial charge in [-0.05, 0) is 12.3 Å². The SMILES string of the molecule is NC1=NC(=O)[C@@H](CC2CCCC2)O1.